The molecule has 0 heterocycles. The van der Waals surface area contributed by atoms with Crippen LogP contribution in [0.15, 0.2) is 0 Å². The van der Waals surface area contributed by atoms with Crippen molar-refractivity contribution in [3.05, 3.63) is 0 Å². The van der Waals surface area contributed by atoms with Crippen LogP contribution in [-0.4, -0.2) is 24.4 Å². The average molecular weight is 214 g/mol. The molecule has 15 heavy (non-hydrogen) atoms. The Labute approximate surface area is 93.8 Å². The average Bonchev–Trinajstić information content (AvgIpc) is 2.12. The van der Waals surface area contributed by atoms with Gasteiger partial charge < -0.3 is 11.1 Å². The van der Waals surface area contributed by atoms with Crippen LogP contribution in [0.4, 0.5) is 0 Å². The molecule has 0 aliphatic rings. The van der Waals surface area contributed by atoms with Crippen LogP contribution in [0.1, 0.15) is 47.0 Å². The van der Waals surface area contributed by atoms with E-state index < -0.39 is 0 Å². The third-order valence-corrected chi connectivity index (χ3v) is 2.41. The first-order valence-corrected chi connectivity index (χ1v) is 5.95. The number of ketones is 1. The molecule has 0 rings (SSSR count). The molecule has 0 saturated heterocycles. The summed E-state index contributed by atoms with van der Waals surface area (Å²) in [5.74, 6) is 0.393. The van der Waals surface area contributed by atoms with Gasteiger partial charge in [0, 0.05) is 24.4 Å². The first-order chi connectivity index (χ1) is 6.93. The number of hydrogen-bond donors (Lipinski definition) is 2. The van der Waals surface area contributed by atoms with Crippen molar-refractivity contribution in [1.29, 1.82) is 0 Å². The third-order valence-electron chi connectivity index (χ3n) is 2.41. The summed E-state index contributed by atoms with van der Waals surface area (Å²) in [6.45, 7) is 9.09. The van der Waals surface area contributed by atoms with Gasteiger partial charge in [-0.1, -0.05) is 27.7 Å². The molecule has 0 aromatic heterocycles. The standard InChI is InChI=1S/C12H26N2O/c1-9(2)12(15)8-11(13)6-5-7-14-10(3)4/h9-11,14H,5-8,13H2,1-4H3. The van der Waals surface area contributed by atoms with Crippen LogP contribution in [0, 0.1) is 5.92 Å². The van der Waals surface area contributed by atoms with Gasteiger partial charge >= 0.3 is 0 Å². The molecular weight excluding hydrogens is 188 g/mol. The van der Waals surface area contributed by atoms with E-state index in [1.807, 2.05) is 13.8 Å². The van der Waals surface area contributed by atoms with Crippen molar-refractivity contribution < 1.29 is 4.79 Å². The second-order valence-electron chi connectivity index (χ2n) is 4.84. The van der Waals surface area contributed by atoms with Gasteiger partial charge in [0.25, 0.3) is 0 Å². The summed E-state index contributed by atoms with van der Waals surface area (Å²) in [4.78, 5) is 11.4. The van der Waals surface area contributed by atoms with Crippen LogP contribution < -0.4 is 11.1 Å². The summed E-state index contributed by atoms with van der Waals surface area (Å²) in [6.07, 6.45) is 2.50. The lowest BCUT2D eigenvalue weighted by Gasteiger charge is -2.13. The highest BCUT2D eigenvalue weighted by Gasteiger charge is 2.12. The minimum atomic E-state index is 0.0360. The van der Waals surface area contributed by atoms with Crippen LogP contribution in [0.2, 0.25) is 0 Å². The Balaban J connectivity index is 3.49. The molecule has 0 aromatic rings. The predicted octanol–water partition coefficient (Wildman–Crippen LogP) is 1.71. The Kier molecular flexibility index (Phi) is 7.61. The fraction of sp³-hybridized carbons (Fsp3) is 0.917. The van der Waals surface area contributed by atoms with Gasteiger partial charge in [-0.3, -0.25) is 4.79 Å². The summed E-state index contributed by atoms with van der Waals surface area (Å²) < 4.78 is 0. The molecule has 0 radical (unpaired) electrons. The summed E-state index contributed by atoms with van der Waals surface area (Å²) in [5.41, 5.74) is 5.88. The Morgan fingerprint density at radius 2 is 1.87 bits per heavy atom. The van der Waals surface area contributed by atoms with Gasteiger partial charge in [-0.2, -0.15) is 0 Å². The van der Waals surface area contributed by atoms with E-state index in [2.05, 4.69) is 19.2 Å². The SMILES string of the molecule is CC(C)NCCCC(N)CC(=O)C(C)C. The highest BCUT2D eigenvalue weighted by atomic mass is 16.1. The van der Waals surface area contributed by atoms with Gasteiger partial charge in [-0.05, 0) is 19.4 Å². The Hall–Kier alpha value is -0.410. The molecule has 0 spiro atoms. The van der Waals surface area contributed by atoms with Gasteiger partial charge in [-0.15, -0.1) is 0 Å². The zero-order chi connectivity index (χ0) is 11.8. The molecule has 1 atom stereocenters. The minimum Gasteiger partial charge on any atom is -0.327 e. The molecule has 0 aliphatic carbocycles. The van der Waals surface area contributed by atoms with E-state index in [0.717, 1.165) is 19.4 Å². The monoisotopic (exact) mass is 214 g/mol. The van der Waals surface area contributed by atoms with Gasteiger partial charge in [0.1, 0.15) is 5.78 Å². The van der Waals surface area contributed by atoms with Crippen molar-refractivity contribution in [1.82, 2.24) is 5.32 Å². The molecular formula is C12H26N2O. The fourth-order valence-electron chi connectivity index (χ4n) is 1.35. The van der Waals surface area contributed by atoms with Crippen molar-refractivity contribution in [2.45, 2.75) is 59.0 Å². The van der Waals surface area contributed by atoms with Gasteiger partial charge in [-0.25, -0.2) is 0 Å². The van der Waals surface area contributed by atoms with Gasteiger partial charge in [0.2, 0.25) is 0 Å². The van der Waals surface area contributed by atoms with E-state index in [1.54, 1.807) is 0 Å². The zero-order valence-corrected chi connectivity index (χ0v) is 10.5. The van der Waals surface area contributed by atoms with E-state index in [-0.39, 0.29) is 17.7 Å². The van der Waals surface area contributed by atoms with E-state index in [9.17, 15) is 4.79 Å². The van der Waals surface area contributed by atoms with Gasteiger partial charge in [0.15, 0.2) is 0 Å². The third kappa shape index (κ3) is 8.58. The van der Waals surface area contributed by atoms with Crippen LogP contribution in [0.3, 0.4) is 0 Å². The van der Waals surface area contributed by atoms with Crippen molar-refractivity contribution in [3.8, 4) is 0 Å². The maximum Gasteiger partial charge on any atom is 0.136 e. The number of hydrogen-bond acceptors (Lipinski definition) is 3. The van der Waals surface area contributed by atoms with Crippen molar-refractivity contribution in [3.63, 3.8) is 0 Å². The molecule has 0 aromatic carbocycles. The van der Waals surface area contributed by atoms with E-state index in [0.29, 0.717) is 12.5 Å². The molecule has 0 fully saturated rings. The Morgan fingerprint density at radius 3 is 2.33 bits per heavy atom. The second kappa shape index (κ2) is 7.83. The number of Topliss-reactive ketones (excluding diaryl/α,β-unsaturated/α-hetero) is 1. The molecule has 0 aliphatic heterocycles. The lowest BCUT2D eigenvalue weighted by atomic mass is 9.99. The van der Waals surface area contributed by atoms with Crippen molar-refractivity contribution in [2.75, 3.05) is 6.54 Å². The van der Waals surface area contributed by atoms with Crippen LogP contribution in [0.5, 0.6) is 0 Å². The van der Waals surface area contributed by atoms with Gasteiger partial charge in [0.05, 0.1) is 0 Å². The maximum atomic E-state index is 11.4. The number of rotatable bonds is 8. The van der Waals surface area contributed by atoms with Crippen LogP contribution in [-0.2, 0) is 4.79 Å². The maximum absolute atomic E-state index is 11.4. The largest absolute Gasteiger partial charge is 0.327 e. The second-order valence-corrected chi connectivity index (χ2v) is 4.84. The van der Waals surface area contributed by atoms with E-state index in [4.69, 9.17) is 5.73 Å². The number of carbonyl (C=O) groups excluding carboxylic acids is 1. The Morgan fingerprint density at radius 1 is 1.27 bits per heavy atom. The minimum absolute atomic E-state index is 0.0360. The topological polar surface area (TPSA) is 55.1 Å². The smallest absolute Gasteiger partial charge is 0.136 e. The van der Waals surface area contributed by atoms with E-state index in [1.165, 1.54) is 0 Å². The molecule has 3 heteroatoms. The molecule has 90 valence electrons. The van der Waals surface area contributed by atoms with Crippen molar-refractivity contribution >= 4 is 5.78 Å². The molecule has 3 N–H and O–H groups in total. The Bertz CT molecular complexity index is 178. The van der Waals surface area contributed by atoms with Crippen LogP contribution in [0.25, 0.3) is 0 Å². The fourth-order valence-corrected chi connectivity index (χ4v) is 1.35. The first-order valence-electron chi connectivity index (χ1n) is 5.95. The zero-order valence-electron chi connectivity index (χ0n) is 10.5. The first kappa shape index (κ1) is 14.6. The highest BCUT2D eigenvalue weighted by Crippen LogP contribution is 2.05. The lowest BCUT2D eigenvalue weighted by Crippen LogP contribution is -2.29. The molecule has 1 unspecified atom stereocenters. The normalized spacial score (nSPS) is 13.5. The molecule has 0 amide bonds. The highest BCUT2D eigenvalue weighted by molar-refractivity contribution is 5.80. The summed E-state index contributed by atoms with van der Waals surface area (Å²) in [7, 11) is 0. The lowest BCUT2D eigenvalue weighted by molar-refractivity contribution is -0.122. The van der Waals surface area contributed by atoms with Crippen LogP contribution >= 0.6 is 0 Å². The predicted molar refractivity (Wildman–Crippen MR) is 64.8 cm³/mol. The number of nitrogens with one attached hydrogen (secondary N) is 1. The quantitative estimate of drug-likeness (QED) is 0.605. The van der Waals surface area contributed by atoms with Crippen molar-refractivity contribution in [2.24, 2.45) is 11.7 Å². The summed E-state index contributed by atoms with van der Waals surface area (Å²) in [6, 6.07) is 0.562. The molecule has 0 saturated carbocycles. The summed E-state index contributed by atoms with van der Waals surface area (Å²) in [5, 5.41) is 3.34. The summed E-state index contributed by atoms with van der Waals surface area (Å²) >= 11 is 0. The number of carbonyl (C=O) groups is 1. The molecule has 3 nitrogen and oxygen atoms in total. The van der Waals surface area contributed by atoms with E-state index >= 15 is 0 Å². The molecule has 0 bridgehead atoms. The number of nitrogens with two attached hydrogens (primary N) is 1.